The maximum absolute atomic E-state index is 10.9. The number of carboxylic acid groups (broad SMARTS) is 1. The monoisotopic (exact) mass is 275 g/mol. The first-order chi connectivity index (χ1) is 9.49. The minimum Gasteiger partial charge on any atom is -0.493 e. The van der Waals surface area contributed by atoms with E-state index < -0.39 is 5.97 Å². The first-order valence-electron chi connectivity index (χ1n) is 6.38. The lowest BCUT2D eigenvalue weighted by molar-refractivity contribution is 0.0689. The first kappa shape index (κ1) is 14.0. The van der Waals surface area contributed by atoms with Gasteiger partial charge >= 0.3 is 5.97 Å². The van der Waals surface area contributed by atoms with E-state index in [1.807, 2.05) is 24.3 Å². The van der Waals surface area contributed by atoms with Crippen LogP contribution in [0.5, 0.6) is 5.75 Å². The summed E-state index contributed by atoms with van der Waals surface area (Å²) in [4.78, 5) is 10.9. The normalized spacial score (nSPS) is 10.8. The van der Waals surface area contributed by atoms with Crippen molar-refractivity contribution in [3.05, 3.63) is 35.7 Å². The highest BCUT2D eigenvalue weighted by Crippen LogP contribution is 2.17. The molecule has 106 valence electrons. The SMILES string of the molecule is Cc1c(C(=O)O)nnn1-c1ccc(OCC(C)C)cc1. The van der Waals surface area contributed by atoms with Gasteiger partial charge in [0.25, 0.3) is 0 Å². The summed E-state index contributed by atoms with van der Waals surface area (Å²) >= 11 is 0. The maximum Gasteiger partial charge on any atom is 0.358 e. The van der Waals surface area contributed by atoms with E-state index in [9.17, 15) is 4.79 Å². The van der Waals surface area contributed by atoms with Gasteiger partial charge in [-0.2, -0.15) is 0 Å². The van der Waals surface area contributed by atoms with Crippen LogP contribution < -0.4 is 4.74 Å². The molecule has 0 amide bonds. The van der Waals surface area contributed by atoms with Crippen molar-refractivity contribution in [1.82, 2.24) is 15.0 Å². The molecule has 1 N–H and O–H groups in total. The molecule has 6 nitrogen and oxygen atoms in total. The minimum atomic E-state index is -1.08. The smallest absolute Gasteiger partial charge is 0.358 e. The number of ether oxygens (including phenoxy) is 1. The molecule has 0 bridgehead atoms. The number of aromatic nitrogens is 3. The molecular weight excluding hydrogens is 258 g/mol. The molecule has 0 atom stereocenters. The van der Waals surface area contributed by atoms with Gasteiger partial charge in [0.15, 0.2) is 5.69 Å². The zero-order valence-corrected chi connectivity index (χ0v) is 11.7. The molecule has 1 aromatic carbocycles. The average Bonchev–Trinajstić information content (AvgIpc) is 2.79. The lowest BCUT2D eigenvalue weighted by Gasteiger charge is -2.09. The number of hydrogen-bond donors (Lipinski definition) is 1. The van der Waals surface area contributed by atoms with Gasteiger partial charge in [0.05, 0.1) is 18.0 Å². The summed E-state index contributed by atoms with van der Waals surface area (Å²) in [5.41, 5.74) is 1.21. The third-order valence-corrected chi connectivity index (χ3v) is 2.76. The van der Waals surface area contributed by atoms with Crippen molar-refractivity contribution in [2.45, 2.75) is 20.8 Å². The van der Waals surface area contributed by atoms with Crippen LogP contribution in [0.2, 0.25) is 0 Å². The van der Waals surface area contributed by atoms with Gasteiger partial charge in [-0.05, 0) is 37.1 Å². The average molecular weight is 275 g/mol. The van der Waals surface area contributed by atoms with Gasteiger partial charge in [0.1, 0.15) is 5.75 Å². The molecule has 0 saturated heterocycles. The fraction of sp³-hybridized carbons (Fsp3) is 0.357. The van der Waals surface area contributed by atoms with E-state index in [1.165, 1.54) is 4.68 Å². The molecule has 0 spiro atoms. The topological polar surface area (TPSA) is 77.2 Å². The Morgan fingerprint density at radius 1 is 1.35 bits per heavy atom. The summed E-state index contributed by atoms with van der Waals surface area (Å²) in [5.74, 6) is 0.162. The van der Waals surface area contributed by atoms with Crippen LogP contribution in [-0.4, -0.2) is 32.7 Å². The van der Waals surface area contributed by atoms with Crippen molar-refractivity contribution in [3.63, 3.8) is 0 Å². The quantitative estimate of drug-likeness (QED) is 0.906. The van der Waals surface area contributed by atoms with Crippen molar-refractivity contribution >= 4 is 5.97 Å². The largest absolute Gasteiger partial charge is 0.493 e. The molecule has 0 saturated carbocycles. The van der Waals surface area contributed by atoms with Gasteiger partial charge in [-0.3, -0.25) is 0 Å². The minimum absolute atomic E-state index is 0.0369. The van der Waals surface area contributed by atoms with Crippen LogP contribution in [0, 0.1) is 12.8 Å². The number of aromatic carboxylic acids is 1. The zero-order chi connectivity index (χ0) is 14.7. The van der Waals surface area contributed by atoms with Crippen molar-refractivity contribution in [2.24, 2.45) is 5.92 Å². The van der Waals surface area contributed by atoms with E-state index in [0.29, 0.717) is 18.2 Å². The molecule has 1 aromatic heterocycles. The van der Waals surface area contributed by atoms with Crippen molar-refractivity contribution in [1.29, 1.82) is 0 Å². The maximum atomic E-state index is 10.9. The number of carboxylic acids is 1. The fourth-order valence-corrected chi connectivity index (χ4v) is 1.72. The van der Waals surface area contributed by atoms with Crippen LogP contribution in [0.1, 0.15) is 30.0 Å². The summed E-state index contributed by atoms with van der Waals surface area (Å²) in [6, 6.07) is 7.31. The van der Waals surface area contributed by atoms with Gasteiger partial charge in [0.2, 0.25) is 0 Å². The van der Waals surface area contributed by atoms with Gasteiger partial charge < -0.3 is 9.84 Å². The van der Waals surface area contributed by atoms with Crippen molar-refractivity contribution in [2.75, 3.05) is 6.61 Å². The van der Waals surface area contributed by atoms with Crippen LogP contribution in [0.25, 0.3) is 5.69 Å². The number of benzene rings is 1. The molecule has 1 heterocycles. The van der Waals surface area contributed by atoms with Gasteiger partial charge in [-0.25, -0.2) is 9.48 Å². The van der Waals surface area contributed by atoms with Gasteiger partial charge in [-0.1, -0.05) is 19.1 Å². The standard InChI is InChI=1S/C14H17N3O3/c1-9(2)8-20-12-6-4-11(5-7-12)17-10(3)13(14(18)19)15-16-17/h4-7,9H,8H2,1-3H3,(H,18,19). The molecule has 0 aliphatic rings. The van der Waals surface area contributed by atoms with E-state index in [2.05, 4.69) is 24.2 Å². The zero-order valence-electron chi connectivity index (χ0n) is 11.7. The summed E-state index contributed by atoms with van der Waals surface area (Å²) in [6.07, 6.45) is 0. The molecule has 6 heteroatoms. The predicted molar refractivity (Wildman–Crippen MR) is 73.4 cm³/mol. The predicted octanol–water partition coefficient (Wildman–Crippen LogP) is 2.31. The van der Waals surface area contributed by atoms with E-state index in [0.717, 1.165) is 11.4 Å². The van der Waals surface area contributed by atoms with Crippen LogP contribution in [0.3, 0.4) is 0 Å². The second kappa shape index (κ2) is 5.73. The third kappa shape index (κ3) is 2.96. The van der Waals surface area contributed by atoms with Crippen LogP contribution in [-0.2, 0) is 0 Å². The summed E-state index contributed by atoms with van der Waals surface area (Å²) in [7, 11) is 0. The number of carbonyl (C=O) groups is 1. The Kier molecular flexibility index (Phi) is 4.02. The molecular formula is C14H17N3O3. The highest BCUT2D eigenvalue weighted by atomic mass is 16.5. The highest BCUT2D eigenvalue weighted by molar-refractivity contribution is 5.86. The molecule has 0 aliphatic carbocycles. The fourth-order valence-electron chi connectivity index (χ4n) is 1.72. The Hall–Kier alpha value is -2.37. The number of rotatable bonds is 5. The van der Waals surface area contributed by atoms with Gasteiger partial charge in [0, 0.05) is 0 Å². The molecule has 0 radical (unpaired) electrons. The Morgan fingerprint density at radius 2 is 2.00 bits per heavy atom. The third-order valence-electron chi connectivity index (χ3n) is 2.76. The summed E-state index contributed by atoms with van der Waals surface area (Å²) in [5, 5.41) is 16.5. The Balaban J connectivity index is 2.20. The second-order valence-electron chi connectivity index (χ2n) is 4.94. The summed E-state index contributed by atoms with van der Waals surface area (Å²) in [6.45, 7) is 6.50. The molecule has 20 heavy (non-hydrogen) atoms. The number of hydrogen-bond acceptors (Lipinski definition) is 4. The highest BCUT2D eigenvalue weighted by Gasteiger charge is 2.15. The van der Waals surface area contributed by atoms with Gasteiger partial charge in [-0.15, -0.1) is 5.10 Å². The van der Waals surface area contributed by atoms with Crippen LogP contribution in [0.15, 0.2) is 24.3 Å². The Labute approximate surface area is 117 Å². The number of nitrogens with zero attached hydrogens (tertiary/aromatic N) is 3. The lowest BCUT2D eigenvalue weighted by atomic mass is 10.2. The Morgan fingerprint density at radius 3 is 2.50 bits per heavy atom. The van der Waals surface area contributed by atoms with Crippen molar-refractivity contribution < 1.29 is 14.6 Å². The van der Waals surface area contributed by atoms with E-state index in [1.54, 1.807) is 6.92 Å². The molecule has 0 fully saturated rings. The Bertz CT molecular complexity index is 603. The molecule has 0 unspecified atom stereocenters. The lowest BCUT2D eigenvalue weighted by Crippen LogP contribution is -2.05. The van der Waals surface area contributed by atoms with Crippen molar-refractivity contribution in [3.8, 4) is 11.4 Å². The summed E-state index contributed by atoms with van der Waals surface area (Å²) < 4.78 is 7.09. The van der Waals surface area contributed by atoms with Crippen LogP contribution >= 0.6 is 0 Å². The van der Waals surface area contributed by atoms with E-state index in [-0.39, 0.29) is 5.69 Å². The molecule has 0 aliphatic heterocycles. The first-order valence-corrected chi connectivity index (χ1v) is 6.38. The van der Waals surface area contributed by atoms with E-state index in [4.69, 9.17) is 9.84 Å². The van der Waals surface area contributed by atoms with E-state index >= 15 is 0 Å². The molecule has 2 rings (SSSR count). The second-order valence-corrected chi connectivity index (χ2v) is 4.94. The van der Waals surface area contributed by atoms with Crippen LogP contribution in [0.4, 0.5) is 0 Å². The molecule has 2 aromatic rings.